The van der Waals surface area contributed by atoms with E-state index in [-0.39, 0.29) is 0 Å². The molecule has 91 heavy (non-hydrogen) atoms. The molecule has 17 rings (SSSR count). The van der Waals surface area contributed by atoms with Crippen LogP contribution in [0.3, 0.4) is 0 Å². The van der Waals surface area contributed by atoms with Crippen molar-refractivity contribution in [3.63, 3.8) is 0 Å². The highest BCUT2D eigenvalue weighted by atomic mass is 15.0. The Morgan fingerprint density at radius 2 is 0.516 bits per heavy atom. The second-order valence-corrected chi connectivity index (χ2v) is 23.6. The lowest BCUT2D eigenvalue weighted by atomic mass is 9.75. The molecule has 426 valence electrons. The molecule has 0 saturated carbocycles. The second kappa shape index (κ2) is 21.6. The number of nitriles is 1. The molecule has 0 bridgehead atoms. The topological polar surface area (TPSA) is 64.4 Å². The van der Waals surface area contributed by atoms with Gasteiger partial charge in [0.05, 0.1) is 50.1 Å². The summed E-state index contributed by atoms with van der Waals surface area (Å²) in [5.41, 5.74) is 24.9. The number of nitrogens with zero attached hydrogens (tertiary/aromatic N) is 6. The van der Waals surface area contributed by atoms with Gasteiger partial charge in [-0.05, 0) is 155 Å². The molecule has 0 unspecified atom stereocenters. The van der Waals surface area contributed by atoms with Crippen LogP contribution >= 0.6 is 0 Å². The van der Waals surface area contributed by atoms with E-state index >= 15 is 0 Å². The highest BCUT2D eigenvalue weighted by Crippen LogP contribution is 2.54. The van der Waals surface area contributed by atoms with Gasteiger partial charge in [-0.3, -0.25) is 4.98 Å². The van der Waals surface area contributed by atoms with Crippen LogP contribution < -0.4 is 0 Å². The van der Waals surface area contributed by atoms with Gasteiger partial charge in [-0.15, -0.1) is 0 Å². The Kier molecular flexibility index (Phi) is 12.6. The van der Waals surface area contributed by atoms with Crippen molar-refractivity contribution in [2.75, 3.05) is 0 Å². The molecule has 0 spiro atoms. The Morgan fingerprint density at radius 1 is 0.253 bits per heavy atom. The number of para-hydroxylation sites is 6. The zero-order chi connectivity index (χ0) is 60.7. The summed E-state index contributed by atoms with van der Waals surface area (Å²) in [4.78, 5) is 10.5. The summed E-state index contributed by atoms with van der Waals surface area (Å²) in [5, 5.41) is 19.7. The average Bonchev–Trinajstić information content (AvgIpc) is 1.53. The van der Waals surface area contributed by atoms with Gasteiger partial charge in [0, 0.05) is 83.0 Å². The minimum Gasteiger partial charge on any atom is -0.309 e. The molecule has 5 aromatic heterocycles. The molecular weight excluding hydrogens is 1100 g/mol. The molecule has 0 fully saturated rings. The molecule has 17 aromatic rings. The maximum atomic E-state index is 12.6. The third-order valence-corrected chi connectivity index (χ3v) is 18.2. The van der Waals surface area contributed by atoms with E-state index in [0.29, 0.717) is 5.56 Å². The van der Waals surface area contributed by atoms with Crippen LogP contribution in [0.5, 0.6) is 0 Å². The van der Waals surface area contributed by atoms with Gasteiger partial charge in [0.2, 0.25) is 0 Å². The van der Waals surface area contributed by atoms with Crippen molar-refractivity contribution in [2.24, 2.45) is 0 Å². The Hall–Kier alpha value is -12.2. The third kappa shape index (κ3) is 8.78. The quantitative estimate of drug-likeness (QED) is 0.137. The molecule has 6 nitrogen and oxygen atoms in total. The minimum absolute atomic E-state index is 0.552. The first-order valence-corrected chi connectivity index (χ1v) is 30.9. The number of rotatable bonds is 10. The number of hydrogen-bond acceptors (Lipinski definition) is 3. The van der Waals surface area contributed by atoms with Gasteiger partial charge in [0.15, 0.2) is 0 Å². The lowest BCUT2D eigenvalue weighted by Gasteiger charge is -2.27. The fourth-order valence-corrected chi connectivity index (χ4v) is 14.4. The molecule has 0 amide bonds. The smallest absolute Gasteiger partial charge is 0.100 e. The SMILES string of the molecule is Cc1cc(-c2c(C#N)c(-c3ccc(-n4c5ccccc5c5ccccc54)cc3)c(-c3cc(-c4ccccc4)nc(-c4ccccc4)c3)c(-c3ccc(-n4c5ccccc5c5ccccc54)cc3)c2-c2ccc(-n3c4ccccc4c4ccccc43)cc2)cc(C)n1. The van der Waals surface area contributed by atoms with Crippen molar-refractivity contribution >= 4 is 65.4 Å². The van der Waals surface area contributed by atoms with E-state index in [2.05, 4.69) is 311 Å². The number of aryl methyl sites for hydroxylation is 2. The molecule has 12 aromatic carbocycles. The van der Waals surface area contributed by atoms with Crippen molar-refractivity contribution in [3.05, 3.63) is 320 Å². The summed E-state index contributed by atoms with van der Waals surface area (Å²) in [7, 11) is 0. The van der Waals surface area contributed by atoms with Gasteiger partial charge >= 0.3 is 0 Å². The molecule has 0 radical (unpaired) electrons. The molecule has 0 aliphatic rings. The van der Waals surface area contributed by atoms with Gasteiger partial charge in [-0.25, -0.2) is 4.98 Å². The normalized spacial score (nSPS) is 11.6. The molecule has 6 heteroatoms. The van der Waals surface area contributed by atoms with Gasteiger partial charge in [-0.2, -0.15) is 5.26 Å². The van der Waals surface area contributed by atoms with Crippen LogP contribution in [0.25, 0.3) is 161 Å². The first-order valence-electron chi connectivity index (χ1n) is 30.9. The maximum absolute atomic E-state index is 12.6. The number of hydrogen-bond donors (Lipinski definition) is 0. The molecule has 0 saturated heterocycles. The lowest BCUT2D eigenvalue weighted by Crippen LogP contribution is -2.04. The van der Waals surface area contributed by atoms with E-state index in [9.17, 15) is 5.26 Å². The van der Waals surface area contributed by atoms with Crippen LogP contribution in [0.4, 0.5) is 0 Å². The Bertz CT molecular complexity index is 5530. The van der Waals surface area contributed by atoms with E-state index < -0.39 is 0 Å². The predicted octanol–water partition coefficient (Wildman–Crippen LogP) is 21.9. The summed E-state index contributed by atoms with van der Waals surface area (Å²) in [6.07, 6.45) is 0. The minimum atomic E-state index is 0.552. The van der Waals surface area contributed by atoms with Gasteiger partial charge in [0.25, 0.3) is 0 Å². The number of pyridine rings is 2. The van der Waals surface area contributed by atoms with E-state index in [0.717, 1.165) is 140 Å². The van der Waals surface area contributed by atoms with Crippen molar-refractivity contribution < 1.29 is 0 Å². The van der Waals surface area contributed by atoms with Crippen LogP contribution in [-0.2, 0) is 0 Å². The highest BCUT2D eigenvalue weighted by Gasteiger charge is 2.31. The second-order valence-electron chi connectivity index (χ2n) is 23.6. The number of benzene rings is 12. The Balaban J connectivity index is 1.01. The monoisotopic (exact) mass is 1160 g/mol. The zero-order valence-electron chi connectivity index (χ0n) is 50.1. The summed E-state index contributed by atoms with van der Waals surface area (Å²) >= 11 is 0. The van der Waals surface area contributed by atoms with E-state index in [4.69, 9.17) is 9.97 Å². The Labute approximate surface area is 526 Å². The van der Waals surface area contributed by atoms with Crippen molar-refractivity contribution in [2.45, 2.75) is 13.8 Å². The van der Waals surface area contributed by atoms with Gasteiger partial charge < -0.3 is 13.7 Å². The summed E-state index contributed by atoms with van der Waals surface area (Å²) in [5.74, 6) is 0. The summed E-state index contributed by atoms with van der Waals surface area (Å²) in [6.45, 7) is 4.10. The number of aromatic nitrogens is 5. The average molecular weight is 1160 g/mol. The molecule has 0 aliphatic carbocycles. The van der Waals surface area contributed by atoms with Crippen LogP contribution in [-0.4, -0.2) is 23.7 Å². The first-order chi connectivity index (χ1) is 44.9. The van der Waals surface area contributed by atoms with E-state index in [1.54, 1.807) is 0 Å². The van der Waals surface area contributed by atoms with Crippen LogP contribution in [0.1, 0.15) is 17.0 Å². The van der Waals surface area contributed by atoms with E-state index in [1.165, 1.54) is 32.3 Å². The molecule has 0 atom stereocenters. The fourth-order valence-electron chi connectivity index (χ4n) is 14.4. The largest absolute Gasteiger partial charge is 0.309 e. The Morgan fingerprint density at radius 3 is 0.846 bits per heavy atom. The fraction of sp³-hybridized carbons (Fsp3) is 0.0235. The first kappa shape index (κ1) is 53.1. The molecule has 0 N–H and O–H groups in total. The third-order valence-electron chi connectivity index (χ3n) is 18.2. The number of fused-ring (bicyclic) bond motifs is 9. The highest BCUT2D eigenvalue weighted by molar-refractivity contribution is 6.14. The van der Waals surface area contributed by atoms with Crippen molar-refractivity contribution in [1.82, 2.24) is 23.7 Å². The predicted molar refractivity (Wildman–Crippen MR) is 377 cm³/mol. The van der Waals surface area contributed by atoms with Crippen LogP contribution in [0, 0.1) is 25.2 Å². The zero-order valence-corrected chi connectivity index (χ0v) is 50.1. The van der Waals surface area contributed by atoms with E-state index in [1.807, 2.05) is 26.0 Å². The molecule has 0 aliphatic heterocycles. The molecule has 5 heterocycles. The summed E-state index contributed by atoms with van der Waals surface area (Å²) < 4.78 is 7.10. The maximum Gasteiger partial charge on any atom is 0.100 e. The van der Waals surface area contributed by atoms with Gasteiger partial charge in [0.1, 0.15) is 6.07 Å². The van der Waals surface area contributed by atoms with Gasteiger partial charge in [-0.1, -0.05) is 206 Å². The lowest BCUT2D eigenvalue weighted by molar-refractivity contribution is 1.12. The van der Waals surface area contributed by atoms with Crippen molar-refractivity contribution in [1.29, 1.82) is 5.26 Å². The van der Waals surface area contributed by atoms with Crippen molar-refractivity contribution in [3.8, 4) is 101 Å². The summed E-state index contributed by atoms with van der Waals surface area (Å²) in [6, 6.07) is 112. The van der Waals surface area contributed by atoms with Crippen LogP contribution in [0.2, 0.25) is 0 Å². The molecular formula is C85H56N6. The van der Waals surface area contributed by atoms with Crippen LogP contribution in [0.15, 0.2) is 303 Å². The standard InChI is InChI=1S/C85H56N6/c1-54-49-61(50-55(2)87-54)82-72(53-86)81(58-37-43-63(44-38-58)89-75-31-15-9-25-66(75)67-26-10-16-32-76(67)89)85(62-51-73(56-21-5-3-6-22-56)88-74(52-62)57-23-7-4-8-24-57)84(60-41-47-65(48-42-60)91-79-35-19-13-29-70(79)71-30-14-20-36-80(71)91)83(82)59-39-45-64(46-40-59)90-77-33-17-11-27-68(77)69-28-12-18-34-78(69)90/h3-52H,1-2H3.